The van der Waals surface area contributed by atoms with Crippen LogP contribution < -0.4 is 5.56 Å². The number of aromatic nitrogens is 2. The molecule has 3 rings (SSSR count). The molecule has 1 saturated carbocycles. The molecule has 1 aromatic carbocycles. The molecule has 2 aromatic rings. The molecule has 1 heterocycles. The van der Waals surface area contributed by atoms with E-state index in [0.29, 0.717) is 16.8 Å². The van der Waals surface area contributed by atoms with E-state index in [2.05, 4.69) is 9.97 Å². The first-order valence-corrected chi connectivity index (χ1v) is 6.43. The van der Waals surface area contributed by atoms with Crippen LogP contribution in [0.25, 0.3) is 10.9 Å². The summed E-state index contributed by atoms with van der Waals surface area (Å²) in [6.07, 6.45) is 5.80. The highest BCUT2D eigenvalue weighted by atomic mass is 19.1. The Morgan fingerprint density at radius 2 is 2.00 bits per heavy atom. The normalized spacial score (nSPS) is 17.2. The molecule has 4 heteroatoms. The van der Waals surface area contributed by atoms with Crippen molar-refractivity contribution in [3.8, 4) is 0 Å². The standard InChI is InChI=1S/C14H15FN2O/c15-10-6-7-12-11(8-10)14(18)17-13(16-12)9-4-2-1-3-5-9/h6-9H,1-5H2,(H,16,17,18). The predicted octanol–water partition coefficient (Wildman–Crippen LogP) is 3.11. The van der Waals surface area contributed by atoms with Crippen LogP contribution in [0.15, 0.2) is 23.0 Å². The van der Waals surface area contributed by atoms with Gasteiger partial charge in [-0.3, -0.25) is 4.79 Å². The van der Waals surface area contributed by atoms with E-state index >= 15 is 0 Å². The minimum Gasteiger partial charge on any atom is -0.310 e. The maximum absolute atomic E-state index is 13.1. The summed E-state index contributed by atoms with van der Waals surface area (Å²) >= 11 is 0. The van der Waals surface area contributed by atoms with Gasteiger partial charge in [0.15, 0.2) is 0 Å². The summed E-state index contributed by atoms with van der Waals surface area (Å²) in [6.45, 7) is 0. The molecule has 0 unspecified atom stereocenters. The van der Waals surface area contributed by atoms with Crippen molar-refractivity contribution >= 4 is 10.9 Å². The first-order chi connectivity index (χ1) is 8.74. The summed E-state index contributed by atoms with van der Waals surface area (Å²) in [4.78, 5) is 19.2. The number of rotatable bonds is 1. The third-order valence-electron chi connectivity index (χ3n) is 3.68. The molecule has 0 saturated heterocycles. The van der Waals surface area contributed by atoms with Crippen LogP contribution in [-0.2, 0) is 0 Å². The summed E-state index contributed by atoms with van der Waals surface area (Å²) in [7, 11) is 0. The molecule has 1 aliphatic carbocycles. The Hall–Kier alpha value is -1.71. The molecule has 0 aliphatic heterocycles. The van der Waals surface area contributed by atoms with Crippen LogP contribution >= 0.6 is 0 Å². The number of hydrogen-bond acceptors (Lipinski definition) is 2. The number of hydrogen-bond donors (Lipinski definition) is 1. The summed E-state index contributed by atoms with van der Waals surface area (Å²) in [5.74, 6) is 0.708. The molecule has 1 aromatic heterocycles. The van der Waals surface area contributed by atoms with Crippen molar-refractivity contribution in [3.63, 3.8) is 0 Å². The van der Waals surface area contributed by atoms with Crippen LogP contribution in [0.5, 0.6) is 0 Å². The molecule has 0 amide bonds. The molecule has 1 N–H and O–H groups in total. The van der Waals surface area contributed by atoms with Crippen molar-refractivity contribution < 1.29 is 4.39 Å². The topological polar surface area (TPSA) is 45.8 Å². The zero-order valence-electron chi connectivity index (χ0n) is 10.1. The van der Waals surface area contributed by atoms with Crippen LogP contribution in [0.1, 0.15) is 43.8 Å². The highest BCUT2D eigenvalue weighted by Crippen LogP contribution is 2.30. The summed E-state index contributed by atoms with van der Waals surface area (Å²) < 4.78 is 13.1. The van der Waals surface area contributed by atoms with Gasteiger partial charge >= 0.3 is 0 Å². The van der Waals surface area contributed by atoms with Gasteiger partial charge in [0.05, 0.1) is 10.9 Å². The Balaban J connectivity index is 2.09. The van der Waals surface area contributed by atoms with Crippen LogP contribution in [0.3, 0.4) is 0 Å². The smallest absolute Gasteiger partial charge is 0.258 e. The molecule has 0 spiro atoms. The first kappa shape index (κ1) is 11.4. The Kier molecular flexibility index (Phi) is 2.86. The highest BCUT2D eigenvalue weighted by molar-refractivity contribution is 5.77. The van der Waals surface area contributed by atoms with Crippen LogP contribution in [0.2, 0.25) is 0 Å². The predicted molar refractivity (Wildman–Crippen MR) is 68.1 cm³/mol. The third-order valence-corrected chi connectivity index (χ3v) is 3.68. The first-order valence-electron chi connectivity index (χ1n) is 6.43. The fraction of sp³-hybridized carbons (Fsp3) is 0.429. The van der Waals surface area contributed by atoms with Gasteiger partial charge < -0.3 is 4.98 Å². The Morgan fingerprint density at radius 3 is 2.78 bits per heavy atom. The van der Waals surface area contributed by atoms with Gasteiger partial charge in [0.2, 0.25) is 0 Å². The molecule has 1 fully saturated rings. The van der Waals surface area contributed by atoms with Gasteiger partial charge in [-0.15, -0.1) is 0 Å². The number of halogens is 1. The van der Waals surface area contributed by atoms with Crippen LogP contribution in [0.4, 0.5) is 4.39 Å². The van der Waals surface area contributed by atoms with Crippen molar-refractivity contribution in [3.05, 3.63) is 40.2 Å². The second kappa shape index (κ2) is 4.52. The average Bonchev–Trinajstić information content (AvgIpc) is 2.40. The van der Waals surface area contributed by atoms with Gasteiger partial charge in [-0.1, -0.05) is 19.3 Å². The third kappa shape index (κ3) is 2.03. The van der Waals surface area contributed by atoms with Crippen molar-refractivity contribution in [2.24, 2.45) is 0 Å². The van der Waals surface area contributed by atoms with Gasteiger partial charge in [0.25, 0.3) is 5.56 Å². The lowest BCUT2D eigenvalue weighted by Crippen LogP contribution is -2.16. The SMILES string of the molecule is O=c1[nH]c(C2CCCCC2)nc2ccc(F)cc12. The molecular formula is C14H15FN2O. The lowest BCUT2D eigenvalue weighted by molar-refractivity contribution is 0.429. The van der Waals surface area contributed by atoms with E-state index < -0.39 is 5.82 Å². The highest BCUT2D eigenvalue weighted by Gasteiger charge is 2.18. The fourth-order valence-corrected chi connectivity index (χ4v) is 2.70. The summed E-state index contributed by atoms with van der Waals surface area (Å²) in [6, 6.07) is 4.16. The maximum atomic E-state index is 13.1. The van der Waals surface area contributed by atoms with E-state index in [1.807, 2.05) is 0 Å². The number of H-pyrrole nitrogens is 1. The van der Waals surface area contributed by atoms with Crippen molar-refractivity contribution in [1.29, 1.82) is 0 Å². The number of benzene rings is 1. The van der Waals surface area contributed by atoms with Crippen LogP contribution in [-0.4, -0.2) is 9.97 Å². The Labute approximate surface area is 104 Å². The second-order valence-electron chi connectivity index (χ2n) is 4.95. The summed E-state index contributed by atoms with van der Waals surface area (Å²) in [5.41, 5.74) is 0.348. The van der Waals surface area contributed by atoms with Gasteiger partial charge in [0.1, 0.15) is 11.6 Å². The minimum absolute atomic E-state index is 0.236. The second-order valence-corrected chi connectivity index (χ2v) is 4.95. The van der Waals surface area contributed by atoms with E-state index in [-0.39, 0.29) is 5.56 Å². The van der Waals surface area contributed by atoms with Crippen molar-refractivity contribution in [2.45, 2.75) is 38.0 Å². The molecule has 3 nitrogen and oxygen atoms in total. The van der Waals surface area contributed by atoms with E-state index in [9.17, 15) is 9.18 Å². The number of fused-ring (bicyclic) bond motifs is 1. The van der Waals surface area contributed by atoms with Gasteiger partial charge in [-0.2, -0.15) is 0 Å². The zero-order valence-corrected chi connectivity index (χ0v) is 10.1. The van der Waals surface area contributed by atoms with Crippen molar-refractivity contribution in [2.75, 3.05) is 0 Å². The molecule has 0 radical (unpaired) electrons. The quantitative estimate of drug-likeness (QED) is 0.840. The van der Waals surface area contributed by atoms with Gasteiger partial charge in [-0.25, -0.2) is 9.37 Å². The molecular weight excluding hydrogens is 231 g/mol. The Bertz CT molecular complexity index is 629. The minimum atomic E-state index is -0.403. The lowest BCUT2D eigenvalue weighted by Gasteiger charge is -2.20. The number of nitrogens with zero attached hydrogens (tertiary/aromatic N) is 1. The number of aromatic amines is 1. The average molecular weight is 246 g/mol. The van der Waals surface area contributed by atoms with Gasteiger partial charge in [0, 0.05) is 5.92 Å². The fourth-order valence-electron chi connectivity index (χ4n) is 2.70. The van der Waals surface area contributed by atoms with E-state index in [4.69, 9.17) is 0 Å². The largest absolute Gasteiger partial charge is 0.310 e. The number of nitrogens with one attached hydrogen (secondary N) is 1. The molecule has 1 aliphatic rings. The Morgan fingerprint density at radius 1 is 1.22 bits per heavy atom. The molecule has 0 atom stereocenters. The van der Waals surface area contributed by atoms with E-state index in [0.717, 1.165) is 18.7 Å². The lowest BCUT2D eigenvalue weighted by atomic mass is 9.88. The van der Waals surface area contributed by atoms with Crippen LogP contribution in [0, 0.1) is 5.82 Å². The zero-order chi connectivity index (χ0) is 12.5. The van der Waals surface area contributed by atoms with E-state index in [1.165, 1.54) is 31.4 Å². The monoisotopic (exact) mass is 246 g/mol. The molecule has 0 bridgehead atoms. The molecule has 18 heavy (non-hydrogen) atoms. The van der Waals surface area contributed by atoms with Gasteiger partial charge in [-0.05, 0) is 31.0 Å². The molecule has 94 valence electrons. The summed E-state index contributed by atoms with van der Waals surface area (Å²) in [5, 5.41) is 0.328. The van der Waals surface area contributed by atoms with Crippen molar-refractivity contribution in [1.82, 2.24) is 9.97 Å². The van der Waals surface area contributed by atoms with E-state index in [1.54, 1.807) is 6.07 Å². The maximum Gasteiger partial charge on any atom is 0.258 e.